The second-order valence-corrected chi connectivity index (χ2v) is 8.10. The van der Waals surface area contributed by atoms with E-state index in [-0.39, 0.29) is 17.6 Å². The second kappa shape index (κ2) is 12.6. The number of carboxylic acid groups (broad SMARTS) is 1. The summed E-state index contributed by atoms with van der Waals surface area (Å²) in [6.07, 6.45) is 0.780. The van der Waals surface area contributed by atoms with Gasteiger partial charge in [0.2, 0.25) is 17.7 Å². The first-order valence-corrected chi connectivity index (χ1v) is 10.0. The molecule has 0 radical (unpaired) electrons. The van der Waals surface area contributed by atoms with Crippen molar-refractivity contribution in [1.82, 2.24) is 16.0 Å². The van der Waals surface area contributed by atoms with E-state index in [1.807, 2.05) is 27.7 Å². The van der Waals surface area contributed by atoms with Crippen molar-refractivity contribution in [3.05, 3.63) is 0 Å². The average Bonchev–Trinajstić information content (AvgIpc) is 2.57. The lowest BCUT2D eigenvalue weighted by molar-refractivity contribution is -0.141. The number of carbonyl (C=O) groups excluding carboxylic acids is 3. The standard InChI is InChI=1S/C18H34N4O5S/c1-9(2)6-12(19)15(23)22-14(8-28)17(25)21-13(7-10(3)4)16(24)20-11(5)18(26)27/h9-14,28H,6-8,19H2,1-5H3,(H,20,24)(H,21,25)(H,22,23)(H,26,27). The number of thiol groups is 1. The number of carboxylic acids is 1. The maximum absolute atomic E-state index is 12.6. The van der Waals surface area contributed by atoms with Gasteiger partial charge in [-0.1, -0.05) is 27.7 Å². The van der Waals surface area contributed by atoms with Crippen LogP contribution < -0.4 is 21.7 Å². The Balaban J connectivity index is 5.07. The van der Waals surface area contributed by atoms with Gasteiger partial charge in [0.1, 0.15) is 18.1 Å². The lowest BCUT2D eigenvalue weighted by Gasteiger charge is -2.25. The molecule has 0 spiro atoms. The van der Waals surface area contributed by atoms with Gasteiger partial charge in [0.05, 0.1) is 6.04 Å². The Morgan fingerprint density at radius 1 is 0.821 bits per heavy atom. The predicted molar refractivity (Wildman–Crippen MR) is 110 cm³/mol. The lowest BCUT2D eigenvalue weighted by atomic mass is 10.0. The van der Waals surface area contributed by atoms with E-state index in [0.717, 1.165) is 0 Å². The number of nitrogens with two attached hydrogens (primary N) is 1. The summed E-state index contributed by atoms with van der Waals surface area (Å²) in [6, 6.07) is -3.74. The zero-order valence-corrected chi connectivity index (χ0v) is 18.1. The molecule has 0 aliphatic heterocycles. The molecule has 0 aromatic heterocycles. The summed E-state index contributed by atoms with van der Waals surface area (Å²) < 4.78 is 0. The zero-order valence-electron chi connectivity index (χ0n) is 17.2. The van der Waals surface area contributed by atoms with Gasteiger partial charge in [-0.2, -0.15) is 12.6 Å². The van der Waals surface area contributed by atoms with Crippen LogP contribution >= 0.6 is 12.6 Å². The number of amides is 3. The molecule has 0 saturated carbocycles. The molecule has 0 rings (SSSR count). The van der Waals surface area contributed by atoms with Crippen LogP contribution in [0, 0.1) is 11.8 Å². The first-order valence-electron chi connectivity index (χ1n) is 9.39. The minimum absolute atomic E-state index is 0.0213. The summed E-state index contributed by atoms with van der Waals surface area (Å²) in [7, 11) is 0. The van der Waals surface area contributed by atoms with Crippen molar-refractivity contribution in [3.63, 3.8) is 0 Å². The van der Waals surface area contributed by atoms with Crippen LogP contribution in [0.2, 0.25) is 0 Å². The first-order chi connectivity index (χ1) is 12.9. The largest absolute Gasteiger partial charge is 0.480 e. The SMILES string of the molecule is CC(C)CC(N)C(=O)NC(CS)C(=O)NC(CC(C)C)C(=O)NC(C)C(=O)O. The summed E-state index contributed by atoms with van der Waals surface area (Å²) in [6.45, 7) is 8.94. The number of nitrogens with one attached hydrogen (secondary N) is 3. The average molecular weight is 419 g/mol. The maximum atomic E-state index is 12.6. The minimum atomic E-state index is -1.18. The van der Waals surface area contributed by atoms with Crippen LogP contribution in [-0.4, -0.2) is 58.7 Å². The number of aliphatic carboxylic acids is 1. The van der Waals surface area contributed by atoms with Crippen molar-refractivity contribution in [2.45, 2.75) is 71.6 Å². The van der Waals surface area contributed by atoms with Gasteiger partial charge < -0.3 is 26.8 Å². The van der Waals surface area contributed by atoms with Crippen LogP contribution in [0.15, 0.2) is 0 Å². The monoisotopic (exact) mass is 418 g/mol. The fourth-order valence-corrected chi connectivity index (χ4v) is 2.70. The highest BCUT2D eigenvalue weighted by atomic mass is 32.1. The highest BCUT2D eigenvalue weighted by Crippen LogP contribution is 2.07. The van der Waals surface area contributed by atoms with Crippen molar-refractivity contribution in [3.8, 4) is 0 Å². The summed E-state index contributed by atoms with van der Waals surface area (Å²) in [5, 5.41) is 16.4. The molecule has 0 bridgehead atoms. The number of hydrogen-bond donors (Lipinski definition) is 6. The van der Waals surface area contributed by atoms with Gasteiger partial charge >= 0.3 is 5.97 Å². The van der Waals surface area contributed by atoms with Crippen LogP contribution in [-0.2, 0) is 19.2 Å². The fraction of sp³-hybridized carbons (Fsp3) is 0.778. The van der Waals surface area contributed by atoms with E-state index in [1.165, 1.54) is 6.92 Å². The molecule has 28 heavy (non-hydrogen) atoms. The van der Waals surface area contributed by atoms with Crippen LogP contribution in [0.3, 0.4) is 0 Å². The van der Waals surface area contributed by atoms with Crippen LogP contribution in [0.4, 0.5) is 0 Å². The minimum Gasteiger partial charge on any atom is -0.480 e. The van der Waals surface area contributed by atoms with Gasteiger partial charge in [0.25, 0.3) is 0 Å². The number of rotatable bonds is 12. The highest BCUT2D eigenvalue weighted by Gasteiger charge is 2.29. The Bertz CT molecular complexity index is 556. The summed E-state index contributed by atoms with van der Waals surface area (Å²) in [4.78, 5) is 48.1. The summed E-state index contributed by atoms with van der Waals surface area (Å²) >= 11 is 4.10. The molecule has 162 valence electrons. The molecule has 4 atom stereocenters. The zero-order chi connectivity index (χ0) is 22.0. The predicted octanol–water partition coefficient (Wildman–Crippen LogP) is -0.105. The molecule has 10 heteroatoms. The van der Waals surface area contributed by atoms with Crippen molar-refractivity contribution in [2.24, 2.45) is 17.6 Å². The molecular weight excluding hydrogens is 384 g/mol. The van der Waals surface area contributed by atoms with Crippen molar-refractivity contribution >= 4 is 36.3 Å². The number of carbonyl (C=O) groups is 4. The van der Waals surface area contributed by atoms with Crippen molar-refractivity contribution < 1.29 is 24.3 Å². The van der Waals surface area contributed by atoms with Gasteiger partial charge in [0, 0.05) is 5.75 Å². The number of hydrogen-bond acceptors (Lipinski definition) is 6. The van der Waals surface area contributed by atoms with E-state index in [0.29, 0.717) is 12.8 Å². The first kappa shape index (κ1) is 26.2. The third kappa shape index (κ3) is 9.93. The second-order valence-electron chi connectivity index (χ2n) is 7.74. The molecule has 0 aromatic rings. The Hall–Kier alpha value is -1.81. The Kier molecular flexibility index (Phi) is 11.8. The summed E-state index contributed by atoms with van der Waals surface area (Å²) in [5.74, 6) is -2.51. The molecule has 9 nitrogen and oxygen atoms in total. The molecule has 0 heterocycles. The van der Waals surface area contributed by atoms with E-state index in [4.69, 9.17) is 10.8 Å². The molecule has 0 aromatic carbocycles. The molecule has 0 aliphatic carbocycles. The van der Waals surface area contributed by atoms with Crippen LogP contribution in [0.5, 0.6) is 0 Å². The third-order valence-corrected chi connectivity index (χ3v) is 4.31. The van der Waals surface area contributed by atoms with E-state index in [1.54, 1.807) is 0 Å². The molecule has 0 fully saturated rings. The molecular formula is C18H34N4O5S. The fourth-order valence-electron chi connectivity index (χ4n) is 2.44. The smallest absolute Gasteiger partial charge is 0.325 e. The molecule has 4 unspecified atom stereocenters. The Morgan fingerprint density at radius 3 is 1.71 bits per heavy atom. The summed E-state index contributed by atoms with van der Waals surface area (Å²) in [5.41, 5.74) is 5.83. The maximum Gasteiger partial charge on any atom is 0.325 e. The quantitative estimate of drug-likeness (QED) is 0.244. The van der Waals surface area contributed by atoms with E-state index in [9.17, 15) is 19.2 Å². The van der Waals surface area contributed by atoms with Gasteiger partial charge in [-0.25, -0.2) is 0 Å². The molecule has 3 amide bonds. The lowest BCUT2D eigenvalue weighted by Crippen LogP contribution is -2.57. The van der Waals surface area contributed by atoms with Gasteiger partial charge in [0.15, 0.2) is 0 Å². The van der Waals surface area contributed by atoms with Crippen LogP contribution in [0.25, 0.3) is 0 Å². The van der Waals surface area contributed by atoms with Gasteiger partial charge in [-0.3, -0.25) is 19.2 Å². The van der Waals surface area contributed by atoms with E-state index >= 15 is 0 Å². The molecule has 0 saturated heterocycles. The normalized spacial score (nSPS) is 15.5. The highest BCUT2D eigenvalue weighted by molar-refractivity contribution is 7.80. The molecule has 6 N–H and O–H groups in total. The molecule has 0 aliphatic rings. The van der Waals surface area contributed by atoms with Crippen LogP contribution in [0.1, 0.15) is 47.5 Å². The van der Waals surface area contributed by atoms with Crippen molar-refractivity contribution in [1.29, 1.82) is 0 Å². The Labute approximate surface area is 172 Å². The van der Waals surface area contributed by atoms with E-state index in [2.05, 4.69) is 28.6 Å². The van der Waals surface area contributed by atoms with Crippen molar-refractivity contribution in [2.75, 3.05) is 5.75 Å². The van der Waals surface area contributed by atoms with Gasteiger partial charge in [-0.05, 0) is 31.6 Å². The topological polar surface area (TPSA) is 151 Å². The van der Waals surface area contributed by atoms with E-state index < -0.39 is 47.9 Å². The third-order valence-electron chi connectivity index (χ3n) is 3.95. The van der Waals surface area contributed by atoms with Gasteiger partial charge in [-0.15, -0.1) is 0 Å². The Morgan fingerprint density at radius 2 is 1.29 bits per heavy atom.